The standard InChI is InChI=1S/C12H9NS.C10H19N5S/c1-3-7-11-9(5-1)13-10-6-2-4-8-12(10)14-11;1-6-11-7-12-8(15-10(2,3)4)14-9(13-7)16-5/h1-8,13H;6H2,1-5H3,(H2,11,12,13,14,15). The second kappa shape index (κ2) is 10.0. The minimum Gasteiger partial charge on any atom is -0.354 e. The van der Waals surface area contributed by atoms with Crippen LogP contribution in [0.3, 0.4) is 0 Å². The van der Waals surface area contributed by atoms with Crippen LogP contribution in [0.2, 0.25) is 0 Å². The predicted octanol–water partition coefficient (Wildman–Crippen LogP) is 6.13. The van der Waals surface area contributed by atoms with Gasteiger partial charge in [0.2, 0.25) is 11.9 Å². The second-order valence-corrected chi connectivity index (χ2v) is 9.45. The molecule has 30 heavy (non-hydrogen) atoms. The highest BCUT2D eigenvalue weighted by molar-refractivity contribution is 7.99. The van der Waals surface area contributed by atoms with Crippen molar-refractivity contribution in [3.63, 3.8) is 0 Å². The van der Waals surface area contributed by atoms with E-state index in [1.807, 2.05) is 24.9 Å². The molecule has 0 atom stereocenters. The molecule has 0 radical (unpaired) electrons. The van der Waals surface area contributed by atoms with E-state index in [4.69, 9.17) is 0 Å². The lowest BCUT2D eigenvalue weighted by atomic mass is 10.1. The average molecular weight is 441 g/mol. The summed E-state index contributed by atoms with van der Waals surface area (Å²) in [6.07, 6.45) is 1.95. The van der Waals surface area contributed by atoms with E-state index in [1.54, 1.807) is 0 Å². The number of rotatable bonds is 4. The van der Waals surface area contributed by atoms with Gasteiger partial charge in [0.05, 0.1) is 11.4 Å². The van der Waals surface area contributed by atoms with Gasteiger partial charge in [0.15, 0.2) is 5.16 Å². The van der Waals surface area contributed by atoms with Gasteiger partial charge in [-0.1, -0.05) is 47.8 Å². The highest BCUT2D eigenvalue weighted by atomic mass is 32.2. The molecular weight excluding hydrogens is 412 g/mol. The van der Waals surface area contributed by atoms with Crippen LogP contribution in [0.5, 0.6) is 0 Å². The first-order valence-corrected chi connectivity index (χ1v) is 11.9. The van der Waals surface area contributed by atoms with Crippen molar-refractivity contribution in [1.82, 2.24) is 15.0 Å². The van der Waals surface area contributed by atoms with Crippen LogP contribution in [-0.2, 0) is 0 Å². The fourth-order valence-corrected chi connectivity index (χ4v) is 4.00. The summed E-state index contributed by atoms with van der Waals surface area (Å²) in [4.78, 5) is 15.5. The second-order valence-electron chi connectivity index (χ2n) is 7.59. The Labute approximate surface area is 187 Å². The first-order valence-electron chi connectivity index (χ1n) is 9.83. The molecule has 0 saturated heterocycles. The molecule has 0 aliphatic carbocycles. The van der Waals surface area contributed by atoms with Crippen molar-refractivity contribution in [2.24, 2.45) is 0 Å². The number of hydrogen-bond acceptors (Lipinski definition) is 8. The van der Waals surface area contributed by atoms with Gasteiger partial charge in [-0.25, -0.2) is 0 Å². The minimum atomic E-state index is -0.0550. The van der Waals surface area contributed by atoms with E-state index in [2.05, 4.69) is 100 Å². The Morgan fingerprint density at radius 1 is 0.900 bits per heavy atom. The number of hydrogen-bond donors (Lipinski definition) is 3. The van der Waals surface area contributed by atoms with Crippen LogP contribution in [-0.4, -0.2) is 33.3 Å². The lowest BCUT2D eigenvalue weighted by Gasteiger charge is -2.20. The van der Waals surface area contributed by atoms with Crippen molar-refractivity contribution in [2.75, 3.05) is 28.8 Å². The Hall–Kier alpha value is -2.45. The number of benzene rings is 2. The van der Waals surface area contributed by atoms with Crippen molar-refractivity contribution in [3.05, 3.63) is 48.5 Å². The summed E-state index contributed by atoms with van der Waals surface area (Å²) >= 11 is 3.33. The minimum absolute atomic E-state index is 0.0550. The highest BCUT2D eigenvalue weighted by Crippen LogP contribution is 2.43. The maximum atomic E-state index is 4.31. The number of fused-ring (bicyclic) bond motifs is 2. The lowest BCUT2D eigenvalue weighted by Crippen LogP contribution is -2.27. The molecule has 3 N–H and O–H groups in total. The van der Waals surface area contributed by atoms with Crippen molar-refractivity contribution in [2.45, 2.75) is 48.2 Å². The molecule has 1 aliphatic rings. The van der Waals surface area contributed by atoms with E-state index in [0.717, 1.165) is 11.7 Å². The van der Waals surface area contributed by atoms with E-state index in [-0.39, 0.29) is 5.54 Å². The average Bonchev–Trinajstić information content (AvgIpc) is 2.71. The molecule has 0 spiro atoms. The van der Waals surface area contributed by atoms with Gasteiger partial charge in [-0.3, -0.25) is 0 Å². The maximum Gasteiger partial charge on any atom is 0.228 e. The number of para-hydroxylation sites is 2. The molecule has 8 heteroatoms. The molecule has 1 aromatic heterocycles. The van der Waals surface area contributed by atoms with Gasteiger partial charge in [0.25, 0.3) is 0 Å². The van der Waals surface area contributed by atoms with E-state index >= 15 is 0 Å². The van der Waals surface area contributed by atoms with Crippen LogP contribution in [0.1, 0.15) is 27.7 Å². The third-order valence-corrected chi connectivity index (χ3v) is 5.58. The van der Waals surface area contributed by atoms with E-state index in [9.17, 15) is 0 Å². The molecule has 0 unspecified atom stereocenters. The van der Waals surface area contributed by atoms with Gasteiger partial charge in [0, 0.05) is 21.9 Å². The molecule has 1 aliphatic heterocycles. The predicted molar refractivity (Wildman–Crippen MR) is 129 cm³/mol. The smallest absolute Gasteiger partial charge is 0.228 e. The van der Waals surface area contributed by atoms with Crippen LogP contribution < -0.4 is 16.0 Å². The quantitative estimate of drug-likeness (QED) is 0.327. The summed E-state index contributed by atoms with van der Waals surface area (Å²) in [7, 11) is 0. The Balaban J connectivity index is 0.000000171. The summed E-state index contributed by atoms with van der Waals surface area (Å²) in [5, 5.41) is 10.5. The summed E-state index contributed by atoms with van der Waals surface area (Å²) in [6.45, 7) is 9.03. The first-order chi connectivity index (χ1) is 14.4. The van der Waals surface area contributed by atoms with E-state index in [0.29, 0.717) is 11.9 Å². The number of thioether (sulfide) groups is 1. The fourth-order valence-electron chi connectivity index (χ4n) is 2.66. The van der Waals surface area contributed by atoms with Crippen molar-refractivity contribution < 1.29 is 0 Å². The van der Waals surface area contributed by atoms with E-state index < -0.39 is 0 Å². The third kappa shape index (κ3) is 6.27. The summed E-state index contributed by atoms with van der Waals surface area (Å²) < 4.78 is 0. The summed E-state index contributed by atoms with van der Waals surface area (Å²) in [5.41, 5.74) is 2.35. The zero-order chi connectivity index (χ0) is 21.6. The SMILES string of the molecule is CCNc1nc(NC(C)(C)C)nc(SC)n1.c1ccc2c(c1)Nc1ccccc1S2. The highest BCUT2D eigenvalue weighted by Gasteiger charge is 2.14. The molecule has 4 rings (SSSR count). The van der Waals surface area contributed by atoms with Gasteiger partial charge in [0.1, 0.15) is 0 Å². The van der Waals surface area contributed by atoms with Crippen LogP contribution in [0.15, 0.2) is 63.5 Å². The molecule has 0 saturated carbocycles. The zero-order valence-electron chi connectivity index (χ0n) is 18.0. The Morgan fingerprint density at radius 2 is 1.47 bits per heavy atom. The van der Waals surface area contributed by atoms with Crippen LogP contribution in [0.4, 0.5) is 23.3 Å². The molecule has 0 amide bonds. The molecule has 2 aromatic carbocycles. The fraction of sp³-hybridized carbons (Fsp3) is 0.318. The molecule has 0 fully saturated rings. The zero-order valence-corrected chi connectivity index (χ0v) is 19.6. The summed E-state index contributed by atoms with van der Waals surface area (Å²) in [5.74, 6) is 1.23. The Kier molecular flexibility index (Phi) is 7.44. The van der Waals surface area contributed by atoms with E-state index in [1.165, 1.54) is 32.9 Å². The van der Waals surface area contributed by atoms with Gasteiger partial charge >= 0.3 is 0 Å². The Morgan fingerprint density at radius 3 is 2.00 bits per heavy atom. The number of nitrogens with one attached hydrogen (secondary N) is 3. The first kappa shape index (κ1) is 22.2. The Bertz CT molecular complexity index is 900. The molecule has 0 bridgehead atoms. The van der Waals surface area contributed by atoms with Crippen LogP contribution >= 0.6 is 23.5 Å². The molecule has 6 nitrogen and oxygen atoms in total. The molecular formula is C22H28N6S2. The van der Waals surface area contributed by atoms with Gasteiger partial charge in [-0.05, 0) is 58.2 Å². The molecule has 3 aromatic rings. The van der Waals surface area contributed by atoms with Crippen molar-refractivity contribution >= 4 is 46.8 Å². The van der Waals surface area contributed by atoms with Crippen LogP contribution in [0, 0.1) is 0 Å². The van der Waals surface area contributed by atoms with Gasteiger partial charge in [-0.2, -0.15) is 15.0 Å². The van der Waals surface area contributed by atoms with Crippen LogP contribution in [0.25, 0.3) is 0 Å². The topological polar surface area (TPSA) is 74.8 Å². The van der Waals surface area contributed by atoms with Gasteiger partial charge < -0.3 is 16.0 Å². The number of nitrogens with zero attached hydrogens (tertiary/aromatic N) is 3. The number of aromatic nitrogens is 3. The largest absolute Gasteiger partial charge is 0.354 e. The van der Waals surface area contributed by atoms with Crippen molar-refractivity contribution in [1.29, 1.82) is 0 Å². The molecule has 2 heterocycles. The molecule has 158 valence electrons. The third-order valence-electron chi connectivity index (χ3n) is 3.88. The number of anilines is 4. The maximum absolute atomic E-state index is 4.31. The normalized spacial score (nSPS) is 11.9. The lowest BCUT2D eigenvalue weighted by molar-refractivity contribution is 0.622. The van der Waals surface area contributed by atoms with Crippen molar-refractivity contribution in [3.8, 4) is 0 Å². The summed E-state index contributed by atoms with van der Waals surface area (Å²) in [6, 6.07) is 16.8. The monoisotopic (exact) mass is 440 g/mol. The van der Waals surface area contributed by atoms with Gasteiger partial charge in [-0.15, -0.1) is 0 Å².